The van der Waals surface area contributed by atoms with Crippen LogP contribution in [-0.2, 0) is 14.6 Å². The number of carboxylic acid groups (broad SMARTS) is 1. The fourth-order valence-corrected chi connectivity index (χ4v) is 5.33. The Morgan fingerprint density at radius 2 is 1.50 bits per heavy atom. The maximum atomic E-state index is 13.5. The molecule has 9 heteroatoms. The third-order valence-corrected chi connectivity index (χ3v) is 7.22. The van der Waals surface area contributed by atoms with Crippen molar-refractivity contribution in [2.75, 3.05) is 4.90 Å². The van der Waals surface area contributed by atoms with E-state index in [2.05, 4.69) is 0 Å². The molecule has 32 heavy (non-hydrogen) atoms. The number of hydrogen-bond acceptors (Lipinski definition) is 5. The molecule has 0 unspecified atom stereocenters. The number of halogens is 1. The Bertz CT molecular complexity index is 1330. The molecule has 0 bridgehead atoms. The number of aliphatic hydroxyl groups excluding tert-OH is 1. The first-order valence-corrected chi connectivity index (χ1v) is 11.2. The number of benzene rings is 3. The van der Waals surface area contributed by atoms with Gasteiger partial charge in [0.05, 0.1) is 10.5 Å². The van der Waals surface area contributed by atoms with Gasteiger partial charge in [0.2, 0.25) is 9.84 Å². The average molecular weight is 470 g/mol. The normalized spacial score (nSPS) is 16.5. The van der Waals surface area contributed by atoms with Crippen LogP contribution in [0, 0.1) is 0 Å². The SMILES string of the molecule is O=C(O)c1ccc([C@H]2C(S(=O)(=O)c3ccccc3)=C(O)C(=O)N2c2ccc(Cl)cc2)cc1. The highest BCUT2D eigenvalue weighted by Gasteiger charge is 2.47. The predicted octanol–water partition coefficient (Wildman–Crippen LogP) is 4.37. The summed E-state index contributed by atoms with van der Waals surface area (Å²) in [6.45, 7) is 0. The Labute approximate surface area is 188 Å². The Kier molecular flexibility index (Phi) is 5.50. The molecule has 0 aromatic heterocycles. The van der Waals surface area contributed by atoms with E-state index in [-0.39, 0.29) is 10.5 Å². The van der Waals surface area contributed by atoms with Crippen molar-refractivity contribution in [3.63, 3.8) is 0 Å². The highest BCUT2D eigenvalue weighted by molar-refractivity contribution is 7.95. The molecule has 3 aromatic rings. The molecular weight excluding hydrogens is 454 g/mol. The summed E-state index contributed by atoms with van der Waals surface area (Å²) in [4.78, 5) is 24.9. The number of anilines is 1. The number of sulfone groups is 1. The summed E-state index contributed by atoms with van der Waals surface area (Å²) in [6.07, 6.45) is 0. The summed E-state index contributed by atoms with van der Waals surface area (Å²) in [5, 5.41) is 20.3. The first-order valence-electron chi connectivity index (χ1n) is 9.37. The van der Waals surface area contributed by atoms with Gasteiger partial charge in [-0.1, -0.05) is 41.9 Å². The van der Waals surface area contributed by atoms with Crippen molar-refractivity contribution in [2.24, 2.45) is 0 Å². The number of carboxylic acids is 1. The lowest BCUT2D eigenvalue weighted by Crippen LogP contribution is -2.31. The first kappa shape index (κ1) is 21.6. The Morgan fingerprint density at radius 1 is 0.906 bits per heavy atom. The Hall–Kier alpha value is -3.62. The van der Waals surface area contributed by atoms with E-state index in [0.29, 0.717) is 16.3 Å². The van der Waals surface area contributed by atoms with Crippen molar-refractivity contribution in [1.82, 2.24) is 0 Å². The van der Waals surface area contributed by atoms with Crippen molar-refractivity contribution in [2.45, 2.75) is 10.9 Å². The summed E-state index contributed by atoms with van der Waals surface area (Å²) < 4.78 is 26.9. The Morgan fingerprint density at radius 3 is 2.06 bits per heavy atom. The summed E-state index contributed by atoms with van der Waals surface area (Å²) in [5.41, 5.74) is 0.630. The molecule has 0 spiro atoms. The molecule has 1 aliphatic rings. The minimum Gasteiger partial charge on any atom is -0.502 e. The van der Waals surface area contributed by atoms with Crippen LogP contribution in [0.15, 0.2) is 94.4 Å². The second-order valence-corrected chi connectivity index (χ2v) is 9.37. The van der Waals surface area contributed by atoms with Crippen LogP contribution in [0.2, 0.25) is 5.02 Å². The maximum Gasteiger partial charge on any atom is 0.335 e. The standard InChI is InChI=1S/C23H16ClNO6S/c24-16-10-12-17(13-11-16)25-19(14-6-8-15(9-7-14)23(28)29)21(20(26)22(25)27)32(30,31)18-4-2-1-3-5-18/h1-13,19,26H,(H,28,29)/t19-/m0/s1. The molecule has 4 rings (SSSR count). The number of hydrogen-bond donors (Lipinski definition) is 2. The van der Waals surface area contributed by atoms with Gasteiger partial charge in [0.15, 0.2) is 5.76 Å². The van der Waals surface area contributed by atoms with Crippen LogP contribution in [0.4, 0.5) is 5.69 Å². The van der Waals surface area contributed by atoms with Crippen molar-refractivity contribution in [3.8, 4) is 0 Å². The number of carbonyl (C=O) groups excluding carboxylic acids is 1. The molecule has 1 amide bonds. The zero-order valence-electron chi connectivity index (χ0n) is 16.3. The van der Waals surface area contributed by atoms with Crippen molar-refractivity contribution in [1.29, 1.82) is 0 Å². The van der Waals surface area contributed by atoms with Crippen LogP contribution in [0.1, 0.15) is 22.0 Å². The van der Waals surface area contributed by atoms with E-state index in [1.165, 1.54) is 72.8 Å². The first-order chi connectivity index (χ1) is 15.2. The van der Waals surface area contributed by atoms with Gasteiger partial charge in [-0.25, -0.2) is 13.2 Å². The predicted molar refractivity (Wildman–Crippen MR) is 118 cm³/mol. The second kappa shape index (κ2) is 8.14. The van der Waals surface area contributed by atoms with Crippen molar-refractivity contribution < 1.29 is 28.2 Å². The lowest BCUT2D eigenvalue weighted by atomic mass is 10.0. The number of rotatable bonds is 5. The summed E-state index contributed by atoms with van der Waals surface area (Å²) in [6, 6.07) is 17.8. The highest BCUT2D eigenvalue weighted by Crippen LogP contribution is 2.44. The van der Waals surface area contributed by atoms with Gasteiger partial charge in [-0.3, -0.25) is 9.69 Å². The van der Waals surface area contributed by atoms with Gasteiger partial charge < -0.3 is 10.2 Å². The average Bonchev–Trinajstić information content (AvgIpc) is 3.06. The van der Waals surface area contributed by atoms with E-state index in [0.717, 1.165) is 4.90 Å². The van der Waals surface area contributed by atoms with Gasteiger partial charge in [0.25, 0.3) is 5.91 Å². The van der Waals surface area contributed by atoms with Crippen molar-refractivity contribution >= 4 is 39.0 Å². The highest BCUT2D eigenvalue weighted by atomic mass is 35.5. The lowest BCUT2D eigenvalue weighted by Gasteiger charge is -2.27. The van der Waals surface area contributed by atoms with Gasteiger partial charge in [-0.2, -0.15) is 0 Å². The Balaban J connectivity index is 1.93. The molecule has 1 heterocycles. The zero-order valence-corrected chi connectivity index (χ0v) is 17.9. The summed E-state index contributed by atoms with van der Waals surface area (Å²) >= 11 is 5.95. The van der Waals surface area contributed by atoms with Gasteiger partial charge in [0.1, 0.15) is 10.9 Å². The maximum absolute atomic E-state index is 13.5. The fourth-order valence-electron chi connectivity index (χ4n) is 3.56. The molecule has 1 atom stereocenters. The van der Waals surface area contributed by atoms with Crippen LogP contribution in [0.25, 0.3) is 0 Å². The zero-order chi connectivity index (χ0) is 23.0. The van der Waals surface area contributed by atoms with Gasteiger partial charge in [-0.05, 0) is 54.1 Å². The molecule has 0 saturated heterocycles. The minimum atomic E-state index is -4.27. The molecule has 3 aromatic carbocycles. The molecule has 0 radical (unpaired) electrons. The van der Waals surface area contributed by atoms with Crippen LogP contribution >= 0.6 is 11.6 Å². The van der Waals surface area contributed by atoms with E-state index in [1.54, 1.807) is 6.07 Å². The van der Waals surface area contributed by atoms with Gasteiger partial charge in [-0.15, -0.1) is 0 Å². The van der Waals surface area contributed by atoms with E-state index < -0.39 is 38.4 Å². The van der Waals surface area contributed by atoms with Gasteiger partial charge in [0, 0.05) is 10.7 Å². The topological polar surface area (TPSA) is 112 Å². The van der Waals surface area contributed by atoms with E-state index in [9.17, 15) is 28.2 Å². The number of nitrogens with zero attached hydrogens (tertiary/aromatic N) is 1. The number of amides is 1. The molecular formula is C23H16ClNO6S. The minimum absolute atomic E-state index is 0.00298. The molecule has 1 aliphatic heterocycles. The summed E-state index contributed by atoms with van der Waals surface area (Å²) in [5.74, 6) is -2.94. The monoisotopic (exact) mass is 469 g/mol. The molecule has 0 aliphatic carbocycles. The van der Waals surface area contributed by atoms with E-state index in [1.807, 2.05) is 0 Å². The molecule has 7 nitrogen and oxygen atoms in total. The molecule has 2 N–H and O–H groups in total. The number of carbonyl (C=O) groups is 2. The van der Waals surface area contributed by atoms with Crippen LogP contribution in [0.5, 0.6) is 0 Å². The molecule has 162 valence electrons. The van der Waals surface area contributed by atoms with Crippen LogP contribution in [-0.4, -0.2) is 30.5 Å². The number of aliphatic hydroxyl groups is 1. The van der Waals surface area contributed by atoms with Crippen LogP contribution < -0.4 is 4.90 Å². The third-order valence-electron chi connectivity index (χ3n) is 5.08. The lowest BCUT2D eigenvalue weighted by molar-refractivity contribution is -0.117. The molecule has 0 fully saturated rings. The van der Waals surface area contributed by atoms with Crippen LogP contribution in [0.3, 0.4) is 0 Å². The van der Waals surface area contributed by atoms with E-state index in [4.69, 9.17) is 11.6 Å². The smallest absolute Gasteiger partial charge is 0.335 e. The largest absolute Gasteiger partial charge is 0.502 e. The fraction of sp³-hybridized carbons (Fsp3) is 0.0435. The van der Waals surface area contributed by atoms with Gasteiger partial charge >= 0.3 is 5.97 Å². The van der Waals surface area contributed by atoms with E-state index >= 15 is 0 Å². The summed E-state index contributed by atoms with van der Waals surface area (Å²) in [7, 11) is -4.27. The third kappa shape index (κ3) is 3.63. The quantitative estimate of drug-likeness (QED) is 0.573. The second-order valence-electron chi connectivity index (χ2n) is 7.01. The number of aromatic carboxylic acids is 1. The van der Waals surface area contributed by atoms with Crippen molar-refractivity contribution in [3.05, 3.63) is 106 Å². The molecule has 0 saturated carbocycles.